The van der Waals surface area contributed by atoms with Gasteiger partial charge in [-0.3, -0.25) is 0 Å². The van der Waals surface area contributed by atoms with Gasteiger partial charge in [-0.15, -0.1) is 0 Å². The molecule has 4 unspecified atom stereocenters. The highest BCUT2D eigenvalue weighted by Gasteiger charge is 2.30. The fraction of sp³-hybridized carbons (Fsp3) is 0.750. The van der Waals surface area contributed by atoms with Crippen LogP contribution < -0.4 is 5.32 Å². The first kappa shape index (κ1) is 12.3. The fourth-order valence-corrected chi connectivity index (χ4v) is 3.83. The van der Waals surface area contributed by atoms with E-state index < -0.39 is 0 Å². The standard InChI is InChI=1S/C16H25NO/c1-11-6-7-14(12(2)10-11)17-15-4-3-5-16-13(15)8-9-18-16/h8-9,11-12,14-15,17H,3-7,10H2,1-2H3. The van der Waals surface area contributed by atoms with Crippen LogP contribution in [0.1, 0.15) is 63.3 Å². The van der Waals surface area contributed by atoms with Crippen molar-refractivity contribution in [2.75, 3.05) is 0 Å². The summed E-state index contributed by atoms with van der Waals surface area (Å²) in [6.45, 7) is 4.80. The molecule has 1 N–H and O–H groups in total. The summed E-state index contributed by atoms with van der Waals surface area (Å²) in [5.41, 5.74) is 1.42. The number of rotatable bonds is 2. The van der Waals surface area contributed by atoms with Crippen LogP contribution in [0.25, 0.3) is 0 Å². The molecule has 0 spiro atoms. The Morgan fingerprint density at radius 1 is 1.22 bits per heavy atom. The summed E-state index contributed by atoms with van der Waals surface area (Å²) in [6.07, 6.45) is 9.61. The predicted octanol–water partition coefficient (Wildman–Crippen LogP) is 4.07. The van der Waals surface area contributed by atoms with Gasteiger partial charge in [-0.1, -0.05) is 13.8 Å². The summed E-state index contributed by atoms with van der Waals surface area (Å²) < 4.78 is 5.58. The van der Waals surface area contributed by atoms with Gasteiger partial charge in [0.05, 0.1) is 6.26 Å². The Balaban J connectivity index is 1.67. The molecule has 2 nitrogen and oxygen atoms in total. The molecule has 0 radical (unpaired) electrons. The van der Waals surface area contributed by atoms with E-state index in [9.17, 15) is 0 Å². The average Bonchev–Trinajstić information content (AvgIpc) is 2.82. The largest absolute Gasteiger partial charge is 0.469 e. The number of furan rings is 1. The zero-order valence-corrected chi connectivity index (χ0v) is 11.6. The Morgan fingerprint density at radius 3 is 2.94 bits per heavy atom. The number of hydrogen-bond acceptors (Lipinski definition) is 2. The highest BCUT2D eigenvalue weighted by Crippen LogP contribution is 2.34. The van der Waals surface area contributed by atoms with Gasteiger partial charge >= 0.3 is 0 Å². The summed E-state index contributed by atoms with van der Waals surface area (Å²) in [5, 5.41) is 3.91. The first-order valence-corrected chi connectivity index (χ1v) is 7.56. The maximum atomic E-state index is 5.58. The van der Waals surface area contributed by atoms with Crippen molar-refractivity contribution in [3.05, 3.63) is 23.7 Å². The smallest absolute Gasteiger partial charge is 0.108 e. The van der Waals surface area contributed by atoms with Gasteiger partial charge in [-0.25, -0.2) is 0 Å². The van der Waals surface area contributed by atoms with E-state index in [1.54, 1.807) is 0 Å². The Morgan fingerprint density at radius 2 is 2.11 bits per heavy atom. The molecule has 1 aromatic heterocycles. The number of nitrogens with one attached hydrogen (secondary N) is 1. The van der Waals surface area contributed by atoms with E-state index in [0.29, 0.717) is 12.1 Å². The van der Waals surface area contributed by atoms with E-state index in [2.05, 4.69) is 25.2 Å². The minimum Gasteiger partial charge on any atom is -0.469 e. The van der Waals surface area contributed by atoms with Gasteiger partial charge in [-0.2, -0.15) is 0 Å². The quantitative estimate of drug-likeness (QED) is 0.852. The molecule has 0 saturated heterocycles. The Labute approximate surface area is 110 Å². The normalized spacial score (nSPS) is 36.3. The van der Waals surface area contributed by atoms with Crippen molar-refractivity contribution >= 4 is 0 Å². The van der Waals surface area contributed by atoms with Gasteiger partial charge in [0.15, 0.2) is 0 Å². The Hall–Kier alpha value is -0.760. The lowest BCUT2D eigenvalue weighted by Crippen LogP contribution is -2.41. The summed E-state index contributed by atoms with van der Waals surface area (Å²) in [5.74, 6) is 2.94. The number of hydrogen-bond donors (Lipinski definition) is 1. The van der Waals surface area contributed by atoms with Gasteiger partial charge in [0.25, 0.3) is 0 Å². The summed E-state index contributed by atoms with van der Waals surface area (Å²) >= 11 is 0. The molecule has 1 aromatic rings. The number of aryl methyl sites for hydroxylation is 1. The van der Waals surface area contributed by atoms with E-state index in [1.807, 2.05) is 6.26 Å². The third kappa shape index (κ3) is 2.35. The van der Waals surface area contributed by atoms with Crippen LogP contribution in [0.5, 0.6) is 0 Å². The Bertz CT molecular complexity index is 398. The van der Waals surface area contributed by atoms with Crippen molar-refractivity contribution in [2.24, 2.45) is 11.8 Å². The first-order valence-electron chi connectivity index (χ1n) is 7.56. The number of fused-ring (bicyclic) bond motifs is 1. The summed E-state index contributed by atoms with van der Waals surface area (Å²) in [7, 11) is 0. The van der Waals surface area contributed by atoms with Crippen molar-refractivity contribution in [3.63, 3.8) is 0 Å². The van der Waals surface area contributed by atoms with Gasteiger partial charge in [0, 0.05) is 24.1 Å². The first-order chi connectivity index (χ1) is 8.74. The molecule has 2 aliphatic carbocycles. The van der Waals surface area contributed by atoms with Crippen LogP contribution >= 0.6 is 0 Å². The lowest BCUT2D eigenvalue weighted by Gasteiger charge is -2.37. The van der Waals surface area contributed by atoms with Crippen LogP contribution in [-0.4, -0.2) is 6.04 Å². The molecule has 0 bridgehead atoms. The van der Waals surface area contributed by atoms with E-state index in [0.717, 1.165) is 18.3 Å². The third-order valence-corrected chi connectivity index (χ3v) is 4.90. The van der Waals surface area contributed by atoms with E-state index >= 15 is 0 Å². The molecule has 2 aliphatic rings. The van der Waals surface area contributed by atoms with Gasteiger partial charge in [-0.05, 0) is 50.0 Å². The van der Waals surface area contributed by atoms with Crippen molar-refractivity contribution < 1.29 is 4.42 Å². The highest BCUT2D eigenvalue weighted by atomic mass is 16.3. The topological polar surface area (TPSA) is 25.2 Å². The maximum absolute atomic E-state index is 5.58. The van der Waals surface area contributed by atoms with E-state index in [-0.39, 0.29) is 0 Å². The minimum atomic E-state index is 0.536. The van der Waals surface area contributed by atoms with Crippen molar-refractivity contribution in [3.8, 4) is 0 Å². The van der Waals surface area contributed by atoms with E-state index in [1.165, 1.54) is 43.4 Å². The maximum Gasteiger partial charge on any atom is 0.108 e. The summed E-state index contributed by atoms with van der Waals surface area (Å²) in [6, 6.07) is 3.41. The predicted molar refractivity (Wildman–Crippen MR) is 73.5 cm³/mol. The molecular weight excluding hydrogens is 222 g/mol. The van der Waals surface area contributed by atoms with Crippen LogP contribution in [0, 0.1) is 11.8 Å². The average molecular weight is 247 g/mol. The second-order valence-corrected chi connectivity index (χ2v) is 6.41. The third-order valence-electron chi connectivity index (χ3n) is 4.90. The molecule has 4 atom stereocenters. The van der Waals surface area contributed by atoms with Gasteiger partial charge < -0.3 is 9.73 Å². The van der Waals surface area contributed by atoms with Gasteiger partial charge in [0.2, 0.25) is 0 Å². The fourth-order valence-electron chi connectivity index (χ4n) is 3.83. The second-order valence-electron chi connectivity index (χ2n) is 6.41. The highest BCUT2D eigenvalue weighted by molar-refractivity contribution is 5.24. The summed E-state index contributed by atoms with van der Waals surface area (Å²) in [4.78, 5) is 0. The van der Waals surface area contributed by atoms with Crippen LogP contribution in [-0.2, 0) is 6.42 Å². The molecule has 2 heteroatoms. The molecule has 0 aliphatic heterocycles. The van der Waals surface area contributed by atoms with E-state index in [4.69, 9.17) is 4.42 Å². The molecular formula is C16H25NO. The minimum absolute atomic E-state index is 0.536. The Kier molecular flexibility index (Phi) is 3.47. The second kappa shape index (κ2) is 5.08. The molecule has 100 valence electrons. The SMILES string of the molecule is CC1CCC(NC2CCCc3occc32)C(C)C1. The molecule has 1 heterocycles. The molecule has 0 aromatic carbocycles. The molecule has 3 rings (SSSR count). The van der Waals surface area contributed by atoms with Gasteiger partial charge in [0.1, 0.15) is 5.76 Å². The molecule has 1 fully saturated rings. The zero-order valence-electron chi connectivity index (χ0n) is 11.6. The van der Waals surface area contributed by atoms with Crippen LogP contribution in [0.2, 0.25) is 0 Å². The lowest BCUT2D eigenvalue weighted by molar-refractivity contribution is 0.207. The molecule has 1 saturated carbocycles. The van der Waals surface area contributed by atoms with Crippen molar-refractivity contribution in [1.82, 2.24) is 5.32 Å². The van der Waals surface area contributed by atoms with Crippen LogP contribution in [0.15, 0.2) is 16.7 Å². The zero-order chi connectivity index (χ0) is 12.5. The lowest BCUT2D eigenvalue weighted by atomic mass is 9.79. The molecule has 0 amide bonds. The van der Waals surface area contributed by atoms with Crippen molar-refractivity contribution in [1.29, 1.82) is 0 Å². The molecule has 18 heavy (non-hydrogen) atoms. The van der Waals surface area contributed by atoms with Crippen LogP contribution in [0.4, 0.5) is 0 Å². The van der Waals surface area contributed by atoms with Crippen LogP contribution in [0.3, 0.4) is 0 Å². The van der Waals surface area contributed by atoms with Crippen molar-refractivity contribution in [2.45, 2.75) is 64.5 Å². The monoisotopic (exact) mass is 247 g/mol.